The van der Waals surface area contributed by atoms with Crippen LogP contribution in [0, 0.1) is 12.3 Å². The van der Waals surface area contributed by atoms with Crippen molar-refractivity contribution < 1.29 is 0 Å². The topological polar surface area (TPSA) is 12.0 Å². The van der Waals surface area contributed by atoms with Crippen molar-refractivity contribution >= 4 is 0 Å². The van der Waals surface area contributed by atoms with E-state index in [1.165, 1.54) is 12.0 Å². The van der Waals surface area contributed by atoms with E-state index in [-0.39, 0.29) is 0 Å². The Labute approximate surface area is 92.9 Å². The van der Waals surface area contributed by atoms with Crippen molar-refractivity contribution in [1.29, 1.82) is 0 Å². The lowest BCUT2D eigenvalue weighted by Gasteiger charge is -2.40. The highest BCUT2D eigenvalue weighted by molar-refractivity contribution is 5.31. The van der Waals surface area contributed by atoms with Crippen LogP contribution in [-0.2, 0) is 0 Å². The second-order valence-corrected chi connectivity index (χ2v) is 5.36. The average molecular weight is 203 g/mol. The van der Waals surface area contributed by atoms with Gasteiger partial charge in [0.1, 0.15) is 0 Å². The van der Waals surface area contributed by atoms with Gasteiger partial charge in [-0.05, 0) is 42.3 Å². The Morgan fingerprint density at radius 1 is 1.27 bits per heavy atom. The van der Waals surface area contributed by atoms with Crippen molar-refractivity contribution in [2.75, 3.05) is 13.1 Å². The maximum Gasteiger partial charge on any atom is 0.000839 e. The number of rotatable bonds is 1. The van der Waals surface area contributed by atoms with Gasteiger partial charge in [-0.2, -0.15) is 0 Å². The minimum atomic E-state index is 0.379. The lowest BCUT2D eigenvalue weighted by Crippen LogP contribution is -2.41. The summed E-state index contributed by atoms with van der Waals surface area (Å²) >= 11 is 0. The van der Waals surface area contributed by atoms with Crippen LogP contribution in [-0.4, -0.2) is 13.1 Å². The second kappa shape index (κ2) is 3.97. The Morgan fingerprint density at radius 2 is 2.00 bits per heavy atom. The Morgan fingerprint density at radius 3 is 2.67 bits per heavy atom. The molecule has 1 saturated heterocycles. The zero-order valence-corrected chi connectivity index (χ0v) is 10.0. The Bertz CT molecular complexity index is 341. The minimum absolute atomic E-state index is 0.379. The third-order valence-electron chi connectivity index (χ3n) is 3.70. The van der Waals surface area contributed by atoms with E-state index in [0.717, 1.165) is 13.1 Å². The molecule has 1 heterocycles. The predicted molar refractivity (Wildman–Crippen MR) is 65.2 cm³/mol. The molecule has 1 heteroatoms. The van der Waals surface area contributed by atoms with Gasteiger partial charge in [0.25, 0.3) is 0 Å². The van der Waals surface area contributed by atoms with E-state index in [9.17, 15) is 0 Å². The van der Waals surface area contributed by atoms with Gasteiger partial charge in [-0.15, -0.1) is 0 Å². The van der Waals surface area contributed by atoms with Gasteiger partial charge in [0, 0.05) is 6.54 Å². The van der Waals surface area contributed by atoms with E-state index >= 15 is 0 Å². The second-order valence-electron chi connectivity index (χ2n) is 5.36. The molecule has 0 saturated carbocycles. The Balaban J connectivity index is 2.33. The molecular weight excluding hydrogens is 182 g/mol. The van der Waals surface area contributed by atoms with Crippen molar-refractivity contribution in [3.63, 3.8) is 0 Å². The maximum atomic E-state index is 3.49. The van der Waals surface area contributed by atoms with Crippen molar-refractivity contribution in [2.45, 2.75) is 33.1 Å². The molecule has 0 aliphatic carbocycles. The maximum absolute atomic E-state index is 3.49. The van der Waals surface area contributed by atoms with Gasteiger partial charge in [-0.1, -0.05) is 38.1 Å². The molecule has 1 unspecified atom stereocenters. The molecule has 1 aromatic rings. The van der Waals surface area contributed by atoms with Gasteiger partial charge in [0.2, 0.25) is 0 Å². The van der Waals surface area contributed by atoms with Crippen LogP contribution in [0.1, 0.15) is 37.3 Å². The van der Waals surface area contributed by atoms with Gasteiger partial charge in [0.05, 0.1) is 0 Å². The van der Waals surface area contributed by atoms with Crippen LogP contribution in [0.15, 0.2) is 24.3 Å². The van der Waals surface area contributed by atoms with E-state index in [1.54, 1.807) is 5.56 Å². The molecule has 1 aliphatic rings. The van der Waals surface area contributed by atoms with Gasteiger partial charge in [0.15, 0.2) is 0 Å². The van der Waals surface area contributed by atoms with Gasteiger partial charge in [-0.25, -0.2) is 0 Å². The zero-order chi connectivity index (χ0) is 10.9. The fourth-order valence-corrected chi connectivity index (χ4v) is 2.73. The molecule has 15 heavy (non-hydrogen) atoms. The van der Waals surface area contributed by atoms with Crippen LogP contribution >= 0.6 is 0 Å². The van der Waals surface area contributed by atoms with Crippen molar-refractivity contribution in [3.8, 4) is 0 Å². The van der Waals surface area contributed by atoms with Gasteiger partial charge in [-0.3, -0.25) is 0 Å². The lowest BCUT2D eigenvalue weighted by atomic mass is 9.70. The van der Waals surface area contributed by atoms with Crippen LogP contribution in [0.25, 0.3) is 0 Å². The molecule has 82 valence electrons. The first-order valence-electron chi connectivity index (χ1n) is 5.87. The molecule has 1 aromatic carbocycles. The first kappa shape index (κ1) is 10.7. The number of hydrogen-bond acceptors (Lipinski definition) is 1. The highest BCUT2D eigenvalue weighted by Gasteiger charge is 2.33. The summed E-state index contributed by atoms with van der Waals surface area (Å²) in [6, 6.07) is 8.83. The molecule has 1 nitrogen and oxygen atoms in total. The van der Waals surface area contributed by atoms with Crippen LogP contribution in [0.3, 0.4) is 0 Å². The van der Waals surface area contributed by atoms with E-state index in [1.807, 2.05) is 0 Å². The highest BCUT2D eigenvalue weighted by Crippen LogP contribution is 2.40. The molecular formula is C14H21N. The number of aryl methyl sites for hydroxylation is 1. The molecule has 1 aliphatic heterocycles. The van der Waals surface area contributed by atoms with E-state index < -0.39 is 0 Å². The quantitative estimate of drug-likeness (QED) is 0.739. The molecule has 1 fully saturated rings. The number of piperidine rings is 1. The van der Waals surface area contributed by atoms with Crippen molar-refractivity contribution in [2.24, 2.45) is 5.41 Å². The molecule has 0 bridgehead atoms. The van der Waals surface area contributed by atoms with E-state index in [0.29, 0.717) is 11.3 Å². The Kier molecular flexibility index (Phi) is 2.83. The Hall–Kier alpha value is -0.820. The standard InChI is InChI=1S/C14H21N/c1-11-6-4-5-7-12(11)13-8-9-15-10-14(13,2)3/h4-7,13,15H,8-10H2,1-3H3. The lowest BCUT2D eigenvalue weighted by molar-refractivity contribution is 0.218. The first-order valence-corrected chi connectivity index (χ1v) is 5.87. The summed E-state index contributed by atoms with van der Waals surface area (Å²) in [5.74, 6) is 0.708. The number of nitrogens with one attached hydrogen (secondary N) is 1. The monoisotopic (exact) mass is 203 g/mol. The van der Waals surface area contributed by atoms with Crippen molar-refractivity contribution in [1.82, 2.24) is 5.32 Å². The zero-order valence-electron chi connectivity index (χ0n) is 10.0. The summed E-state index contributed by atoms with van der Waals surface area (Å²) in [6.45, 7) is 9.26. The van der Waals surface area contributed by atoms with E-state index in [4.69, 9.17) is 0 Å². The molecule has 1 atom stereocenters. The van der Waals surface area contributed by atoms with Crippen LogP contribution in [0.4, 0.5) is 0 Å². The smallest absolute Gasteiger partial charge is 0.000839 e. The summed E-state index contributed by atoms with van der Waals surface area (Å²) in [6.07, 6.45) is 1.26. The third kappa shape index (κ3) is 2.07. The van der Waals surface area contributed by atoms with Crippen LogP contribution in [0.5, 0.6) is 0 Å². The highest BCUT2D eigenvalue weighted by atomic mass is 14.9. The minimum Gasteiger partial charge on any atom is -0.316 e. The SMILES string of the molecule is Cc1ccccc1C1CCNCC1(C)C. The number of hydrogen-bond donors (Lipinski definition) is 1. The normalized spacial score (nSPS) is 25.1. The third-order valence-corrected chi connectivity index (χ3v) is 3.70. The summed E-state index contributed by atoms with van der Waals surface area (Å²) < 4.78 is 0. The fourth-order valence-electron chi connectivity index (χ4n) is 2.73. The molecule has 1 N–H and O–H groups in total. The molecule has 2 rings (SSSR count). The average Bonchev–Trinajstić information content (AvgIpc) is 2.19. The molecule has 0 amide bonds. The predicted octanol–water partition coefficient (Wildman–Crippen LogP) is 3.10. The molecule has 0 aromatic heterocycles. The van der Waals surface area contributed by atoms with E-state index in [2.05, 4.69) is 50.4 Å². The van der Waals surface area contributed by atoms with Crippen LogP contribution < -0.4 is 5.32 Å². The molecule has 0 spiro atoms. The summed E-state index contributed by atoms with van der Waals surface area (Å²) in [4.78, 5) is 0. The van der Waals surface area contributed by atoms with Crippen molar-refractivity contribution in [3.05, 3.63) is 35.4 Å². The summed E-state index contributed by atoms with van der Waals surface area (Å²) in [5, 5.41) is 3.49. The first-order chi connectivity index (χ1) is 7.11. The van der Waals surface area contributed by atoms with Crippen LogP contribution in [0.2, 0.25) is 0 Å². The summed E-state index contributed by atoms with van der Waals surface area (Å²) in [5.41, 5.74) is 3.37. The summed E-state index contributed by atoms with van der Waals surface area (Å²) in [7, 11) is 0. The number of benzene rings is 1. The van der Waals surface area contributed by atoms with Gasteiger partial charge >= 0.3 is 0 Å². The fraction of sp³-hybridized carbons (Fsp3) is 0.571. The largest absolute Gasteiger partial charge is 0.316 e. The van der Waals surface area contributed by atoms with Gasteiger partial charge < -0.3 is 5.32 Å². The molecule has 0 radical (unpaired) electrons.